The molecule has 3 atom stereocenters. The molecule has 4 bridgehead atoms. The third kappa shape index (κ3) is 3.92. The largest absolute Gasteiger partial charge is 0.464 e. The number of carbonyl (C=O) groups excluding carboxylic acids is 3. The molecule has 2 amide bonds. The Bertz CT molecular complexity index is 1010. The number of aryl methyl sites for hydroxylation is 1. The molecule has 178 valence electrons. The number of nitrogens with one attached hydrogen (secondary N) is 2. The molecule has 2 heterocycles. The molecule has 1 aromatic rings. The quantitative estimate of drug-likeness (QED) is 0.559. The van der Waals surface area contributed by atoms with E-state index in [9.17, 15) is 19.5 Å². The minimum atomic E-state index is -0.861. The molecule has 6 rings (SSSR count). The lowest BCUT2D eigenvalue weighted by Crippen LogP contribution is -2.58. The molecule has 33 heavy (non-hydrogen) atoms. The molecule has 4 aliphatic carbocycles. The summed E-state index contributed by atoms with van der Waals surface area (Å²) in [4.78, 5) is 38.5. The molecule has 0 unspecified atom stereocenters. The average molecular weight is 459 g/mol. The third-order valence-electron chi connectivity index (χ3n) is 7.51. The molecule has 9 nitrogen and oxygen atoms in total. The highest BCUT2D eigenvalue weighted by atomic mass is 16.5. The number of ether oxygens (including phenoxy) is 2. The molecule has 3 N–H and O–H groups in total. The lowest BCUT2D eigenvalue weighted by atomic mass is 9.48. The molecule has 4 fully saturated rings. The SMILES string of the molecule is CCOC(=O)C1=C(COC(=O)C23C[C@H]4C[C@@H](CC(O)(C4)C2)C3)NC(=O)N[C@@H]1c1ccc(C)o1. The zero-order valence-electron chi connectivity index (χ0n) is 18.9. The molecular weight excluding hydrogens is 428 g/mol. The van der Waals surface area contributed by atoms with Crippen LogP contribution in [0.2, 0.25) is 0 Å². The second-order valence-electron chi connectivity index (χ2n) is 10.1. The smallest absolute Gasteiger partial charge is 0.338 e. The maximum atomic E-state index is 13.3. The van der Waals surface area contributed by atoms with Crippen LogP contribution < -0.4 is 10.6 Å². The highest BCUT2D eigenvalue weighted by molar-refractivity contribution is 5.95. The standard InChI is InChI=1S/C24H30N2O7/c1-3-31-20(27)18-16(25-22(29)26-19(18)17-5-4-13(2)33-17)11-32-21(28)23-7-14-6-15(8-23)10-24(30,9-14)12-23/h4-5,14-15,19,30H,3,6-12H2,1-2H3,(H2,25,26,29)/t14-,15-,19-,23?,24?/m1/s1. The van der Waals surface area contributed by atoms with Crippen LogP contribution in [0.5, 0.6) is 0 Å². The van der Waals surface area contributed by atoms with E-state index in [0.29, 0.717) is 29.8 Å². The average Bonchev–Trinajstić information content (AvgIpc) is 3.16. The molecular formula is C24H30N2O7. The van der Waals surface area contributed by atoms with Crippen molar-refractivity contribution < 1.29 is 33.4 Å². The number of urea groups is 1. The predicted molar refractivity (Wildman–Crippen MR) is 115 cm³/mol. The van der Waals surface area contributed by atoms with Crippen LogP contribution in [0.1, 0.15) is 63.0 Å². The summed E-state index contributed by atoms with van der Waals surface area (Å²) in [5, 5.41) is 16.3. The topological polar surface area (TPSA) is 127 Å². The molecule has 0 aromatic carbocycles. The number of hydrogen-bond donors (Lipinski definition) is 3. The minimum absolute atomic E-state index is 0.141. The van der Waals surface area contributed by atoms with Gasteiger partial charge < -0.3 is 29.6 Å². The van der Waals surface area contributed by atoms with E-state index in [1.54, 1.807) is 26.0 Å². The maximum absolute atomic E-state index is 13.3. The van der Waals surface area contributed by atoms with E-state index in [0.717, 1.165) is 32.1 Å². The summed E-state index contributed by atoms with van der Waals surface area (Å²) >= 11 is 0. The Kier molecular flexibility index (Phi) is 5.27. The number of carbonyl (C=O) groups is 3. The lowest BCUT2D eigenvalue weighted by Gasteiger charge is -2.58. The van der Waals surface area contributed by atoms with E-state index in [1.807, 2.05) is 0 Å². The van der Waals surface area contributed by atoms with Crippen LogP contribution in [0.4, 0.5) is 4.79 Å². The zero-order valence-corrected chi connectivity index (χ0v) is 18.9. The van der Waals surface area contributed by atoms with E-state index in [2.05, 4.69) is 10.6 Å². The van der Waals surface area contributed by atoms with Gasteiger partial charge in [0.1, 0.15) is 24.2 Å². The van der Waals surface area contributed by atoms with E-state index < -0.39 is 29.1 Å². The van der Waals surface area contributed by atoms with Crippen molar-refractivity contribution in [3.05, 3.63) is 34.9 Å². The summed E-state index contributed by atoms with van der Waals surface area (Å²) in [5.74, 6) is 0.695. The first-order chi connectivity index (χ1) is 15.7. The Morgan fingerprint density at radius 2 is 1.91 bits per heavy atom. The summed E-state index contributed by atoms with van der Waals surface area (Å²) in [6.07, 6.45) is 4.41. The van der Waals surface area contributed by atoms with E-state index in [4.69, 9.17) is 13.9 Å². The molecule has 1 aliphatic heterocycles. The van der Waals surface area contributed by atoms with Crippen LogP contribution in [0.15, 0.2) is 27.8 Å². The van der Waals surface area contributed by atoms with Gasteiger partial charge in [-0.1, -0.05) is 0 Å². The van der Waals surface area contributed by atoms with Gasteiger partial charge in [-0.05, 0) is 76.3 Å². The first-order valence-corrected chi connectivity index (χ1v) is 11.6. The van der Waals surface area contributed by atoms with Gasteiger partial charge in [-0.25, -0.2) is 9.59 Å². The fraction of sp³-hybridized carbons (Fsp3) is 0.625. The molecule has 4 saturated carbocycles. The summed E-state index contributed by atoms with van der Waals surface area (Å²) in [6, 6.07) is 2.03. The number of esters is 2. The van der Waals surface area contributed by atoms with Gasteiger partial charge in [-0.15, -0.1) is 0 Å². The van der Waals surface area contributed by atoms with Crippen molar-refractivity contribution in [1.82, 2.24) is 10.6 Å². The Morgan fingerprint density at radius 1 is 1.18 bits per heavy atom. The van der Waals surface area contributed by atoms with Gasteiger partial charge in [0.15, 0.2) is 0 Å². The molecule has 0 saturated heterocycles. The lowest BCUT2D eigenvalue weighted by molar-refractivity contribution is -0.195. The first kappa shape index (κ1) is 22.0. The van der Waals surface area contributed by atoms with E-state index in [-0.39, 0.29) is 30.5 Å². The van der Waals surface area contributed by atoms with Gasteiger partial charge in [-0.3, -0.25) is 4.79 Å². The van der Waals surface area contributed by atoms with Gasteiger partial charge >= 0.3 is 18.0 Å². The second-order valence-corrected chi connectivity index (χ2v) is 10.1. The monoisotopic (exact) mass is 458 g/mol. The van der Waals surface area contributed by atoms with Crippen molar-refractivity contribution in [2.24, 2.45) is 17.3 Å². The van der Waals surface area contributed by atoms with Crippen LogP contribution in [0.25, 0.3) is 0 Å². The Balaban J connectivity index is 1.40. The molecule has 0 radical (unpaired) electrons. The maximum Gasteiger partial charge on any atom is 0.338 e. The normalized spacial score (nSPS) is 34.6. The Labute approximate surface area is 191 Å². The fourth-order valence-electron chi connectivity index (χ4n) is 6.75. The van der Waals surface area contributed by atoms with Gasteiger partial charge in [0, 0.05) is 0 Å². The summed E-state index contributed by atoms with van der Waals surface area (Å²) in [7, 11) is 0. The van der Waals surface area contributed by atoms with Crippen molar-refractivity contribution in [2.45, 2.75) is 64.0 Å². The third-order valence-corrected chi connectivity index (χ3v) is 7.51. The number of aliphatic hydroxyl groups is 1. The van der Waals surface area contributed by atoms with Crippen molar-refractivity contribution in [2.75, 3.05) is 13.2 Å². The van der Waals surface area contributed by atoms with Gasteiger partial charge in [0.2, 0.25) is 0 Å². The highest BCUT2D eigenvalue weighted by Crippen LogP contribution is 2.62. The molecule has 9 heteroatoms. The van der Waals surface area contributed by atoms with Crippen LogP contribution in [-0.4, -0.2) is 41.9 Å². The van der Waals surface area contributed by atoms with Gasteiger partial charge in [0.25, 0.3) is 0 Å². The van der Waals surface area contributed by atoms with E-state index in [1.165, 1.54) is 0 Å². The van der Waals surface area contributed by atoms with E-state index >= 15 is 0 Å². The zero-order chi connectivity index (χ0) is 23.4. The number of rotatable bonds is 6. The fourth-order valence-corrected chi connectivity index (χ4v) is 6.75. The van der Waals surface area contributed by atoms with Crippen LogP contribution >= 0.6 is 0 Å². The van der Waals surface area contributed by atoms with Crippen LogP contribution in [0.3, 0.4) is 0 Å². The van der Waals surface area contributed by atoms with Crippen molar-refractivity contribution in [1.29, 1.82) is 0 Å². The minimum Gasteiger partial charge on any atom is -0.464 e. The van der Waals surface area contributed by atoms with Crippen LogP contribution in [-0.2, 0) is 19.1 Å². The molecule has 5 aliphatic rings. The first-order valence-electron chi connectivity index (χ1n) is 11.6. The van der Waals surface area contributed by atoms with Gasteiger partial charge in [0.05, 0.1) is 28.9 Å². The van der Waals surface area contributed by atoms with Crippen LogP contribution in [0, 0.1) is 24.2 Å². The number of furan rings is 1. The Hall–Kier alpha value is -2.81. The number of amides is 2. The Morgan fingerprint density at radius 3 is 2.52 bits per heavy atom. The summed E-state index contributed by atoms with van der Waals surface area (Å²) in [5.41, 5.74) is -1.17. The van der Waals surface area contributed by atoms with Crippen molar-refractivity contribution >= 4 is 18.0 Å². The highest BCUT2D eigenvalue weighted by Gasteiger charge is 2.61. The van der Waals surface area contributed by atoms with Gasteiger partial charge in [-0.2, -0.15) is 0 Å². The van der Waals surface area contributed by atoms with Crippen molar-refractivity contribution in [3.8, 4) is 0 Å². The summed E-state index contributed by atoms with van der Waals surface area (Å²) in [6.45, 7) is 3.34. The second kappa shape index (κ2) is 7.90. The molecule has 1 aromatic heterocycles. The van der Waals surface area contributed by atoms with Crippen molar-refractivity contribution in [3.63, 3.8) is 0 Å². The summed E-state index contributed by atoms with van der Waals surface area (Å²) < 4.78 is 16.6. The predicted octanol–water partition coefficient (Wildman–Crippen LogP) is 2.63. The number of hydrogen-bond acceptors (Lipinski definition) is 7. The molecule has 0 spiro atoms.